The maximum absolute atomic E-state index is 5.91. The van der Waals surface area contributed by atoms with E-state index in [0.29, 0.717) is 5.90 Å². The van der Waals surface area contributed by atoms with E-state index in [4.69, 9.17) is 4.74 Å². The van der Waals surface area contributed by atoms with Crippen LogP contribution in [0.5, 0.6) is 5.75 Å². The molecule has 0 radical (unpaired) electrons. The molecule has 0 aliphatic carbocycles. The van der Waals surface area contributed by atoms with Gasteiger partial charge in [0.05, 0.1) is 5.69 Å². The number of thioether (sulfide) groups is 1. The highest BCUT2D eigenvalue weighted by atomic mass is 32.2. The Labute approximate surface area is 149 Å². The fourth-order valence-electron chi connectivity index (χ4n) is 2.12. The molecule has 0 saturated heterocycles. The van der Waals surface area contributed by atoms with E-state index in [1.54, 1.807) is 0 Å². The van der Waals surface area contributed by atoms with Crippen molar-refractivity contribution in [3.8, 4) is 5.75 Å². The molecule has 24 heavy (non-hydrogen) atoms. The van der Waals surface area contributed by atoms with E-state index in [9.17, 15) is 0 Å². The molecule has 0 spiro atoms. The van der Waals surface area contributed by atoms with Crippen molar-refractivity contribution in [1.82, 2.24) is 0 Å². The molecule has 0 unspecified atom stereocenters. The molecule has 0 fully saturated rings. The predicted molar refractivity (Wildman–Crippen MR) is 106 cm³/mol. The van der Waals surface area contributed by atoms with Crippen LogP contribution < -0.4 is 4.74 Å². The minimum atomic E-state index is 0.605. The summed E-state index contributed by atoms with van der Waals surface area (Å²) in [5.41, 5.74) is 0.890. The lowest BCUT2D eigenvalue weighted by molar-refractivity contribution is 0.556. The van der Waals surface area contributed by atoms with Crippen LogP contribution in [0.1, 0.15) is 32.6 Å². The first kappa shape index (κ1) is 18.3. The lowest BCUT2D eigenvalue weighted by Gasteiger charge is -2.05. The van der Waals surface area contributed by atoms with E-state index in [0.717, 1.165) is 17.2 Å². The van der Waals surface area contributed by atoms with Crippen molar-refractivity contribution in [1.29, 1.82) is 0 Å². The fourth-order valence-corrected chi connectivity index (χ4v) is 2.84. The summed E-state index contributed by atoms with van der Waals surface area (Å²) < 4.78 is 5.91. The topological polar surface area (TPSA) is 21.6 Å². The Kier molecular flexibility index (Phi) is 8.81. The zero-order valence-corrected chi connectivity index (χ0v) is 15.0. The van der Waals surface area contributed by atoms with Crippen molar-refractivity contribution >= 4 is 23.3 Å². The molecule has 3 heteroatoms. The highest BCUT2D eigenvalue weighted by molar-refractivity contribution is 8.02. The van der Waals surface area contributed by atoms with Gasteiger partial charge in [0.2, 0.25) is 5.90 Å². The van der Waals surface area contributed by atoms with Gasteiger partial charge in [0, 0.05) is 6.08 Å². The lowest BCUT2D eigenvalue weighted by atomic mass is 10.2. The van der Waals surface area contributed by atoms with Crippen molar-refractivity contribution in [3.05, 3.63) is 72.1 Å². The molecule has 0 aliphatic heterocycles. The van der Waals surface area contributed by atoms with E-state index >= 15 is 0 Å². The molecular formula is C21H25NOS. The molecule has 0 aromatic heterocycles. The second kappa shape index (κ2) is 11.5. The third kappa shape index (κ3) is 7.51. The first-order chi connectivity index (χ1) is 11.9. The number of para-hydroxylation sites is 2. The monoisotopic (exact) mass is 339 g/mol. The molecule has 0 bridgehead atoms. The Morgan fingerprint density at radius 3 is 2.38 bits per heavy atom. The Bertz CT molecular complexity index is 623. The molecule has 0 aliphatic rings. The summed E-state index contributed by atoms with van der Waals surface area (Å²) in [5.74, 6) is 2.54. The third-order valence-electron chi connectivity index (χ3n) is 3.38. The fraction of sp³-hybridized carbons (Fsp3) is 0.286. The maximum Gasteiger partial charge on any atom is 0.220 e. The van der Waals surface area contributed by atoms with Crippen LogP contribution in [0.15, 0.2) is 77.1 Å². The zero-order chi connectivity index (χ0) is 16.9. The molecule has 2 aromatic rings. The largest absolute Gasteiger partial charge is 0.439 e. The number of nitrogens with zero attached hydrogens (tertiary/aromatic N) is 1. The van der Waals surface area contributed by atoms with E-state index < -0.39 is 0 Å². The van der Waals surface area contributed by atoms with Gasteiger partial charge in [-0.3, -0.25) is 0 Å². The van der Waals surface area contributed by atoms with Crippen LogP contribution in [-0.2, 0) is 0 Å². The van der Waals surface area contributed by atoms with Gasteiger partial charge >= 0.3 is 0 Å². The highest BCUT2D eigenvalue weighted by Gasteiger charge is 1.99. The van der Waals surface area contributed by atoms with Crippen LogP contribution in [-0.4, -0.2) is 11.7 Å². The summed E-state index contributed by atoms with van der Waals surface area (Å²) in [7, 11) is 0. The Morgan fingerprint density at radius 1 is 0.958 bits per heavy atom. The van der Waals surface area contributed by atoms with E-state index in [1.807, 2.05) is 78.5 Å². The first-order valence-electron chi connectivity index (χ1n) is 8.53. The van der Waals surface area contributed by atoms with Gasteiger partial charge in [-0.05, 0) is 41.8 Å². The Hall–Kier alpha value is -2.00. The van der Waals surface area contributed by atoms with Crippen LogP contribution in [0.3, 0.4) is 0 Å². The van der Waals surface area contributed by atoms with E-state index in [-0.39, 0.29) is 0 Å². The van der Waals surface area contributed by atoms with Crippen LogP contribution >= 0.6 is 11.8 Å². The number of hydrogen-bond donors (Lipinski definition) is 0. The number of benzene rings is 2. The van der Waals surface area contributed by atoms with Gasteiger partial charge < -0.3 is 4.74 Å². The van der Waals surface area contributed by atoms with Crippen molar-refractivity contribution in [3.63, 3.8) is 0 Å². The molecule has 0 N–H and O–H groups in total. The van der Waals surface area contributed by atoms with Crippen molar-refractivity contribution in [2.45, 2.75) is 32.6 Å². The van der Waals surface area contributed by atoms with Crippen molar-refractivity contribution in [2.24, 2.45) is 4.99 Å². The molecule has 2 aromatic carbocycles. The molecular weight excluding hydrogens is 314 g/mol. The summed E-state index contributed by atoms with van der Waals surface area (Å²) in [5, 5.41) is 2.08. The van der Waals surface area contributed by atoms with Gasteiger partial charge in [-0.2, -0.15) is 0 Å². The standard InChI is InChI=1S/C21H25NOS/c1-2-3-4-11-17-24-18-16-21(22-19-12-7-5-8-13-19)23-20-14-9-6-10-15-20/h5-10,12-16,18H,2-4,11,17H2,1H3. The maximum atomic E-state index is 5.91. The predicted octanol–water partition coefficient (Wildman–Crippen LogP) is 6.62. The van der Waals surface area contributed by atoms with Crippen LogP contribution in [0.4, 0.5) is 5.69 Å². The number of hydrogen-bond acceptors (Lipinski definition) is 3. The average Bonchev–Trinajstić information content (AvgIpc) is 2.62. The van der Waals surface area contributed by atoms with Gasteiger partial charge in [-0.1, -0.05) is 62.6 Å². The summed E-state index contributed by atoms with van der Waals surface area (Å²) in [6, 6.07) is 19.7. The van der Waals surface area contributed by atoms with Crippen LogP contribution in [0.25, 0.3) is 0 Å². The minimum Gasteiger partial charge on any atom is -0.439 e. The molecule has 0 atom stereocenters. The SMILES string of the molecule is CCCCCCSC=CC(=Nc1ccccc1)Oc1ccccc1. The number of aliphatic imine (C=N–C) groups is 1. The van der Waals surface area contributed by atoms with Gasteiger partial charge in [-0.25, -0.2) is 4.99 Å². The second-order valence-corrected chi connectivity index (χ2v) is 6.45. The van der Waals surface area contributed by atoms with Gasteiger partial charge in [-0.15, -0.1) is 11.8 Å². The summed E-state index contributed by atoms with van der Waals surface area (Å²) in [4.78, 5) is 4.60. The molecule has 0 saturated carbocycles. The number of rotatable bonds is 9. The van der Waals surface area contributed by atoms with Gasteiger partial charge in [0.25, 0.3) is 0 Å². The molecule has 0 amide bonds. The number of unbranched alkanes of at least 4 members (excludes halogenated alkanes) is 3. The normalized spacial score (nSPS) is 11.8. The zero-order valence-electron chi connectivity index (χ0n) is 14.2. The van der Waals surface area contributed by atoms with Gasteiger partial charge in [0.1, 0.15) is 5.75 Å². The molecule has 126 valence electrons. The quantitative estimate of drug-likeness (QED) is 0.291. The summed E-state index contributed by atoms with van der Waals surface area (Å²) >= 11 is 1.81. The molecule has 2 rings (SSSR count). The van der Waals surface area contributed by atoms with Crippen LogP contribution in [0.2, 0.25) is 0 Å². The van der Waals surface area contributed by atoms with Crippen LogP contribution in [0, 0.1) is 0 Å². The Morgan fingerprint density at radius 2 is 1.67 bits per heavy atom. The van der Waals surface area contributed by atoms with E-state index in [2.05, 4.69) is 17.3 Å². The highest BCUT2D eigenvalue weighted by Crippen LogP contribution is 2.15. The molecule has 2 nitrogen and oxygen atoms in total. The first-order valence-corrected chi connectivity index (χ1v) is 9.58. The summed E-state index contributed by atoms with van der Waals surface area (Å²) in [6.45, 7) is 2.24. The Balaban J connectivity index is 1.96. The van der Waals surface area contributed by atoms with E-state index in [1.165, 1.54) is 25.7 Å². The minimum absolute atomic E-state index is 0.605. The third-order valence-corrected chi connectivity index (χ3v) is 4.24. The smallest absolute Gasteiger partial charge is 0.220 e. The molecule has 0 heterocycles. The second-order valence-electron chi connectivity index (χ2n) is 5.43. The average molecular weight is 340 g/mol. The van der Waals surface area contributed by atoms with Crippen molar-refractivity contribution in [2.75, 3.05) is 5.75 Å². The summed E-state index contributed by atoms with van der Waals surface area (Å²) in [6.07, 6.45) is 7.11. The van der Waals surface area contributed by atoms with Crippen molar-refractivity contribution < 1.29 is 4.74 Å². The van der Waals surface area contributed by atoms with Gasteiger partial charge in [0.15, 0.2) is 0 Å². The lowest BCUT2D eigenvalue weighted by Crippen LogP contribution is -2.04. The number of ether oxygens (including phenoxy) is 1.